The lowest BCUT2D eigenvalue weighted by molar-refractivity contribution is 0.719. The molecule has 0 spiro atoms. The molecule has 4 nitrogen and oxygen atoms in total. The Kier molecular flexibility index (Phi) is 3.36. The summed E-state index contributed by atoms with van der Waals surface area (Å²) >= 11 is 5.04. The van der Waals surface area contributed by atoms with E-state index in [-0.39, 0.29) is 0 Å². The zero-order chi connectivity index (χ0) is 11.4. The summed E-state index contributed by atoms with van der Waals surface area (Å²) in [6, 6.07) is 10.4. The third kappa shape index (κ3) is 2.49. The second-order valence-corrected chi connectivity index (χ2v) is 4.09. The van der Waals surface area contributed by atoms with Crippen LogP contribution in [0.4, 0.5) is 0 Å². The molecular formula is C11H14N4S. The van der Waals surface area contributed by atoms with E-state index in [9.17, 15) is 0 Å². The Morgan fingerprint density at radius 2 is 2.19 bits per heavy atom. The molecular weight excluding hydrogens is 220 g/mol. The summed E-state index contributed by atoms with van der Waals surface area (Å²) < 4.78 is 2.30. The van der Waals surface area contributed by atoms with Gasteiger partial charge in [-0.3, -0.25) is 5.10 Å². The Balaban J connectivity index is 1.97. The van der Waals surface area contributed by atoms with E-state index in [2.05, 4.69) is 46.8 Å². The van der Waals surface area contributed by atoms with Gasteiger partial charge in [-0.15, -0.1) is 0 Å². The SMILES string of the molecule is CC(CNn1cn[nH]c1=S)c1ccccc1. The average molecular weight is 234 g/mol. The normalized spacial score (nSPS) is 12.3. The average Bonchev–Trinajstić information content (AvgIpc) is 2.73. The first kappa shape index (κ1) is 10.9. The van der Waals surface area contributed by atoms with Gasteiger partial charge in [0.25, 0.3) is 0 Å². The number of hydrogen-bond acceptors (Lipinski definition) is 3. The van der Waals surface area contributed by atoms with Crippen LogP contribution in [-0.2, 0) is 0 Å². The van der Waals surface area contributed by atoms with Crippen molar-refractivity contribution in [2.24, 2.45) is 0 Å². The van der Waals surface area contributed by atoms with Crippen molar-refractivity contribution in [2.75, 3.05) is 12.0 Å². The minimum atomic E-state index is 0.429. The zero-order valence-electron chi connectivity index (χ0n) is 9.05. The molecule has 2 rings (SSSR count). The highest BCUT2D eigenvalue weighted by molar-refractivity contribution is 7.71. The van der Waals surface area contributed by atoms with Gasteiger partial charge in [0.2, 0.25) is 4.77 Å². The Labute approximate surface area is 99.3 Å². The molecule has 2 aromatic rings. The Morgan fingerprint density at radius 1 is 1.44 bits per heavy atom. The number of aromatic amines is 1. The van der Waals surface area contributed by atoms with Crippen LogP contribution in [0, 0.1) is 4.77 Å². The molecule has 0 aliphatic heterocycles. The van der Waals surface area contributed by atoms with Gasteiger partial charge in [-0.2, -0.15) is 5.10 Å². The largest absolute Gasteiger partial charge is 0.322 e. The number of nitrogens with one attached hydrogen (secondary N) is 2. The summed E-state index contributed by atoms with van der Waals surface area (Å²) in [5.41, 5.74) is 4.52. The second-order valence-electron chi connectivity index (χ2n) is 3.71. The maximum absolute atomic E-state index is 5.04. The van der Waals surface area contributed by atoms with Crippen molar-refractivity contribution < 1.29 is 0 Å². The van der Waals surface area contributed by atoms with E-state index in [1.165, 1.54) is 5.56 Å². The molecule has 0 fully saturated rings. The van der Waals surface area contributed by atoms with Gasteiger partial charge in [-0.25, -0.2) is 4.68 Å². The molecule has 0 saturated heterocycles. The fourth-order valence-electron chi connectivity index (χ4n) is 1.50. The van der Waals surface area contributed by atoms with Crippen LogP contribution in [0.15, 0.2) is 36.7 Å². The Bertz CT molecular complexity index is 488. The summed E-state index contributed by atoms with van der Waals surface area (Å²) in [5.74, 6) is 0.429. The molecule has 0 radical (unpaired) electrons. The van der Waals surface area contributed by atoms with Gasteiger partial charge in [0.15, 0.2) is 0 Å². The minimum absolute atomic E-state index is 0.429. The van der Waals surface area contributed by atoms with Crippen LogP contribution in [0.3, 0.4) is 0 Å². The number of nitrogens with zero attached hydrogens (tertiary/aromatic N) is 2. The lowest BCUT2D eigenvalue weighted by atomic mass is 10.0. The molecule has 2 N–H and O–H groups in total. The summed E-state index contributed by atoms with van der Waals surface area (Å²) in [6.45, 7) is 2.99. The molecule has 0 aliphatic carbocycles. The molecule has 5 heteroatoms. The van der Waals surface area contributed by atoms with E-state index >= 15 is 0 Å². The van der Waals surface area contributed by atoms with E-state index in [1.807, 2.05) is 6.07 Å². The highest BCUT2D eigenvalue weighted by Gasteiger charge is 2.04. The summed E-state index contributed by atoms with van der Waals surface area (Å²) in [6.07, 6.45) is 1.64. The highest BCUT2D eigenvalue weighted by atomic mass is 32.1. The summed E-state index contributed by atoms with van der Waals surface area (Å²) in [7, 11) is 0. The number of benzene rings is 1. The lowest BCUT2D eigenvalue weighted by Gasteiger charge is -2.13. The van der Waals surface area contributed by atoms with Gasteiger partial charge in [0, 0.05) is 6.54 Å². The molecule has 1 heterocycles. The quantitative estimate of drug-likeness (QED) is 0.798. The molecule has 1 aromatic heterocycles. The van der Waals surface area contributed by atoms with Crippen molar-refractivity contribution in [2.45, 2.75) is 12.8 Å². The van der Waals surface area contributed by atoms with E-state index in [0.717, 1.165) is 6.54 Å². The summed E-state index contributed by atoms with van der Waals surface area (Å²) in [5, 5.41) is 6.54. The van der Waals surface area contributed by atoms with Gasteiger partial charge < -0.3 is 5.43 Å². The third-order valence-corrected chi connectivity index (χ3v) is 2.78. The molecule has 1 unspecified atom stereocenters. The van der Waals surface area contributed by atoms with E-state index in [4.69, 9.17) is 12.2 Å². The van der Waals surface area contributed by atoms with Crippen LogP contribution < -0.4 is 5.43 Å². The molecule has 0 bridgehead atoms. The smallest absolute Gasteiger partial charge is 0.214 e. The lowest BCUT2D eigenvalue weighted by Crippen LogP contribution is -2.19. The predicted molar refractivity (Wildman–Crippen MR) is 66.5 cm³/mol. The van der Waals surface area contributed by atoms with Crippen LogP contribution in [-0.4, -0.2) is 21.4 Å². The fraction of sp³-hybridized carbons (Fsp3) is 0.273. The van der Waals surface area contributed by atoms with Crippen molar-refractivity contribution in [1.29, 1.82) is 0 Å². The molecule has 0 amide bonds. The standard InChI is InChI=1S/C11H14N4S/c1-9(10-5-3-2-4-6-10)7-13-15-8-12-14-11(15)16/h2-6,8-9,13H,7H2,1H3,(H,14,16). The van der Waals surface area contributed by atoms with Crippen LogP contribution in [0.25, 0.3) is 0 Å². The molecule has 84 valence electrons. The Hall–Kier alpha value is -1.62. The molecule has 1 atom stereocenters. The number of H-pyrrole nitrogens is 1. The van der Waals surface area contributed by atoms with Crippen molar-refractivity contribution in [3.05, 3.63) is 47.0 Å². The minimum Gasteiger partial charge on any atom is -0.322 e. The molecule has 0 aliphatic rings. The maximum atomic E-state index is 5.04. The molecule has 0 saturated carbocycles. The van der Waals surface area contributed by atoms with Gasteiger partial charge in [0.1, 0.15) is 6.33 Å². The van der Waals surface area contributed by atoms with Gasteiger partial charge in [-0.05, 0) is 23.7 Å². The van der Waals surface area contributed by atoms with Gasteiger partial charge in [0.05, 0.1) is 0 Å². The Morgan fingerprint density at radius 3 is 2.81 bits per heavy atom. The van der Waals surface area contributed by atoms with Crippen LogP contribution >= 0.6 is 12.2 Å². The third-order valence-electron chi connectivity index (χ3n) is 2.49. The van der Waals surface area contributed by atoms with Crippen molar-refractivity contribution in [1.82, 2.24) is 14.9 Å². The van der Waals surface area contributed by atoms with Crippen molar-refractivity contribution >= 4 is 12.2 Å². The van der Waals surface area contributed by atoms with Crippen LogP contribution in [0.1, 0.15) is 18.4 Å². The van der Waals surface area contributed by atoms with E-state index in [0.29, 0.717) is 10.7 Å². The monoisotopic (exact) mass is 234 g/mol. The highest BCUT2D eigenvalue weighted by Crippen LogP contribution is 2.13. The second kappa shape index (κ2) is 4.94. The molecule has 16 heavy (non-hydrogen) atoms. The van der Waals surface area contributed by atoms with Crippen molar-refractivity contribution in [3.8, 4) is 0 Å². The zero-order valence-corrected chi connectivity index (χ0v) is 9.87. The first-order valence-corrected chi connectivity index (χ1v) is 5.59. The van der Waals surface area contributed by atoms with Crippen LogP contribution in [0.5, 0.6) is 0 Å². The molecule has 1 aromatic carbocycles. The number of rotatable bonds is 4. The first-order chi connectivity index (χ1) is 7.77. The van der Waals surface area contributed by atoms with Crippen LogP contribution in [0.2, 0.25) is 0 Å². The number of hydrogen-bond donors (Lipinski definition) is 2. The predicted octanol–water partition coefficient (Wildman–Crippen LogP) is 2.29. The topological polar surface area (TPSA) is 45.6 Å². The van der Waals surface area contributed by atoms with Gasteiger partial charge in [-0.1, -0.05) is 37.3 Å². The maximum Gasteiger partial charge on any atom is 0.214 e. The van der Waals surface area contributed by atoms with E-state index in [1.54, 1.807) is 11.0 Å². The van der Waals surface area contributed by atoms with Gasteiger partial charge >= 0.3 is 0 Å². The fourth-order valence-corrected chi connectivity index (χ4v) is 1.66. The van der Waals surface area contributed by atoms with Crippen molar-refractivity contribution in [3.63, 3.8) is 0 Å². The first-order valence-electron chi connectivity index (χ1n) is 5.18. The van der Waals surface area contributed by atoms with E-state index < -0.39 is 0 Å². The number of aromatic nitrogens is 3. The summed E-state index contributed by atoms with van der Waals surface area (Å²) in [4.78, 5) is 0.